The van der Waals surface area contributed by atoms with Crippen LogP contribution in [0.1, 0.15) is 123 Å². The van der Waals surface area contributed by atoms with E-state index < -0.39 is 6.09 Å². The molecule has 0 N–H and O–H groups in total. The highest BCUT2D eigenvalue weighted by molar-refractivity contribution is 8.01. The zero-order chi connectivity index (χ0) is 28.1. The van der Waals surface area contributed by atoms with E-state index in [1.54, 1.807) is 0 Å². The first-order chi connectivity index (χ1) is 19.0. The minimum atomic E-state index is -0.563. The molecule has 6 nitrogen and oxygen atoms in total. The van der Waals surface area contributed by atoms with Crippen LogP contribution in [0.15, 0.2) is 24.4 Å². The summed E-state index contributed by atoms with van der Waals surface area (Å²) in [5, 5.41) is 0.770. The summed E-state index contributed by atoms with van der Waals surface area (Å²) in [6.07, 6.45) is 21.6. The molecule has 0 aliphatic carbocycles. The third kappa shape index (κ3) is 15.6. The van der Waals surface area contributed by atoms with Crippen molar-refractivity contribution < 1.29 is 36.0 Å². The number of rotatable bonds is 22. The molecule has 40 heavy (non-hydrogen) atoms. The first kappa shape index (κ1) is 36.7. The van der Waals surface area contributed by atoms with E-state index >= 15 is 0 Å². The van der Waals surface area contributed by atoms with Gasteiger partial charge in [-0.1, -0.05) is 96.5 Å². The predicted octanol–water partition coefficient (Wildman–Crippen LogP) is 4.86. The van der Waals surface area contributed by atoms with Crippen LogP contribution in [0.3, 0.4) is 0 Å². The number of aryl methyl sites for hydroxylation is 1. The molecule has 1 aliphatic heterocycles. The maximum atomic E-state index is 12.6. The lowest BCUT2D eigenvalue weighted by Crippen LogP contribution is -3.00. The number of imide groups is 1. The van der Waals surface area contributed by atoms with Crippen molar-refractivity contribution in [2.45, 2.75) is 141 Å². The largest absolute Gasteiger partial charge is 1.00 e. The Morgan fingerprint density at radius 2 is 1.43 bits per heavy atom. The van der Waals surface area contributed by atoms with E-state index in [4.69, 9.17) is 9.47 Å². The van der Waals surface area contributed by atoms with E-state index in [1.807, 2.05) is 47.6 Å². The van der Waals surface area contributed by atoms with Crippen molar-refractivity contribution in [1.82, 2.24) is 4.90 Å². The van der Waals surface area contributed by atoms with Crippen LogP contribution in [0.2, 0.25) is 0 Å². The third-order valence-electron chi connectivity index (χ3n) is 7.55. The van der Waals surface area contributed by atoms with Gasteiger partial charge in [-0.15, -0.1) is 11.8 Å². The van der Waals surface area contributed by atoms with E-state index in [-0.39, 0.29) is 30.1 Å². The van der Waals surface area contributed by atoms with E-state index in [0.717, 1.165) is 38.3 Å². The highest BCUT2D eigenvalue weighted by atomic mass is 35.5. The van der Waals surface area contributed by atoms with Gasteiger partial charge in [0.2, 0.25) is 11.6 Å². The van der Waals surface area contributed by atoms with E-state index in [9.17, 15) is 9.59 Å². The number of unbranched alkanes of at least 4 members (excludes halogenated alkanes) is 13. The summed E-state index contributed by atoms with van der Waals surface area (Å²) >= 11 is 1.82. The zero-order valence-electron chi connectivity index (χ0n) is 25.4. The molecule has 8 heteroatoms. The average molecular weight is 599 g/mol. The van der Waals surface area contributed by atoms with E-state index in [1.165, 1.54) is 95.3 Å². The number of pyridine rings is 1. The quantitative estimate of drug-likeness (QED) is 0.141. The lowest BCUT2D eigenvalue weighted by Gasteiger charge is -2.34. The lowest BCUT2D eigenvalue weighted by molar-refractivity contribution is -0.701. The van der Waals surface area contributed by atoms with Gasteiger partial charge in [-0.05, 0) is 19.8 Å². The normalized spacial score (nSPS) is 16.2. The van der Waals surface area contributed by atoms with Crippen LogP contribution in [0.4, 0.5) is 4.79 Å². The molecule has 1 aromatic rings. The Bertz CT molecular complexity index is 807. The van der Waals surface area contributed by atoms with Gasteiger partial charge >= 0.3 is 6.09 Å². The third-order valence-corrected chi connectivity index (χ3v) is 8.97. The maximum Gasteiger partial charge on any atom is 0.417 e. The number of halogens is 1. The van der Waals surface area contributed by atoms with Gasteiger partial charge in [0.1, 0.15) is 19.7 Å². The van der Waals surface area contributed by atoms with Crippen LogP contribution < -0.4 is 17.0 Å². The van der Waals surface area contributed by atoms with Crippen LogP contribution in [0, 0.1) is 0 Å². The smallest absolute Gasteiger partial charge is 0.417 e. The number of carbonyl (C=O) groups excluding carboxylic acids is 2. The fraction of sp³-hybridized carbons (Fsp3) is 0.781. The topological polar surface area (TPSA) is 59.7 Å². The first-order valence-corrected chi connectivity index (χ1v) is 16.6. The Hall–Kier alpha value is -1.31. The highest BCUT2D eigenvalue weighted by Crippen LogP contribution is 2.37. The number of carbonyl (C=O) groups is 2. The fourth-order valence-corrected chi connectivity index (χ4v) is 6.25. The summed E-state index contributed by atoms with van der Waals surface area (Å²) in [4.78, 5) is 25.9. The second kappa shape index (κ2) is 23.3. The summed E-state index contributed by atoms with van der Waals surface area (Å²) in [6, 6.07) is 5.78. The molecular weight excluding hydrogens is 544 g/mol. The number of hydrogen-bond donors (Lipinski definition) is 0. The van der Waals surface area contributed by atoms with Gasteiger partial charge in [-0.2, -0.15) is 0 Å². The number of ether oxygens (including phenoxy) is 2. The molecule has 0 radical (unpaired) electrons. The Kier molecular flexibility index (Phi) is 21.4. The maximum absolute atomic E-state index is 12.6. The Morgan fingerprint density at radius 3 is 1.98 bits per heavy atom. The predicted molar refractivity (Wildman–Crippen MR) is 161 cm³/mol. The molecule has 1 saturated heterocycles. The van der Waals surface area contributed by atoms with Crippen molar-refractivity contribution in [2.75, 3.05) is 19.8 Å². The van der Waals surface area contributed by atoms with Gasteiger partial charge in [0, 0.05) is 36.2 Å². The van der Waals surface area contributed by atoms with Crippen LogP contribution in [-0.4, -0.2) is 47.2 Å². The summed E-state index contributed by atoms with van der Waals surface area (Å²) < 4.78 is 13.4. The number of hydrogen-bond acceptors (Lipinski definition) is 5. The van der Waals surface area contributed by atoms with Crippen molar-refractivity contribution in [3.05, 3.63) is 30.1 Å². The molecular formula is C32H55ClN2O4S. The lowest BCUT2D eigenvalue weighted by atomic mass is 10.0. The Balaban J connectivity index is 0.00000800. The molecule has 0 spiro atoms. The highest BCUT2D eigenvalue weighted by Gasteiger charge is 2.32. The molecule has 0 bridgehead atoms. The fourth-order valence-electron chi connectivity index (χ4n) is 5.05. The summed E-state index contributed by atoms with van der Waals surface area (Å²) in [7, 11) is 0. The SMILES string of the molecule is CCCCCCCCCCCCCCCCOC[C@H]1C[C@H](COC(=O)N(Cc2cccc[n+]2CC)C(C)=O)S1.[Cl-]. The molecule has 0 aromatic carbocycles. The molecule has 0 unspecified atom stereocenters. The second-order valence-electron chi connectivity index (χ2n) is 10.9. The second-order valence-corrected chi connectivity index (χ2v) is 12.6. The van der Waals surface area contributed by atoms with Gasteiger partial charge < -0.3 is 21.9 Å². The number of amides is 2. The Morgan fingerprint density at radius 1 is 0.875 bits per heavy atom. The van der Waals surface area contributed by atoms with Crippen LogP contribution >= 0.6 is 11.8 Å². The summed E-state index contributed by atoms with van der Waals surface area (Å²) in [5.74, 6) is -0.303. The molecule has 230 valence electrons. The van der Waals surface area contributed by atoms with Crippen molar-refractivity contribution in [1.29, 1.82) is 0 Å². The van der Waals surface area contributed by atoms with Crippen LogP contribution in [0.5, 0.6) is 0 Å². The van der Waals surface area contributed by atoms with Gasteiger partial charge in [0.15, 0.2) is 6.20 Å². The van der Waals surface area contributed by atoms with Gasteiger partial charge in [-0.25, -0.2) is 14.3 Å². The monoisotopic (exact) mass is 598 g/mol. The number of aromatic nitrogens is 1. The molecule has 1 aromatic heterocycles. The molecule has 2 atom stereocenters. The molecule has 1 aliphatic rings. The van der Waals surface area contributed by atoms with Gasteiger partial charge in [-0.3, -0.25) is 4.79 Å². The van der Waals surface area contributed by atoms with Crippen molar-refractivity contribution >= 4 is 23.8 Å². The number of nitrogens with zero attached hydrogens (tertiary/aromatic N) is 2. The summed E-state index contributed by atoms with van der Waals surface area (Å²) in [5.41, 5.74) is 0.904. The minimum Gasteiger partial charge on any atom is -1.00 e. The minimum absolute atomic E-state index is 0. The van der Waals surface area contributed by atoms with Crippen molar-refractivity contribution in [3.63, 3.8) is 0 Å². The van der Waals surface area contributed by atoms with Crippen LogP contribution in [0.25, 0.3) is 0 Å². The molecule has 2 rings (SSSR count). The molecule has 2 amide bonds. The molecule has 2 heterocycles. The first-order valence-electron chi connectivity index (χ1n) is 15.7. The van der Waals surface area contributed by atoms with E-state index in [2.05, 4.69) is 6.92 Å². The summed E-state index contributed by atoms with van der Waals surface area (Å²) in [6.45, 7) is 8.68. The van der Waals surface area contributed by atoms with Gasteiger partial charge in [0.25, 0.3) is 0 Å². The van der Waals surface area contributed by atoms with Crippen molar-refractivity contribution in [3.8, 4) is 0 Å². The molecule has 1 fully saturated rings. The van der Waals surface area contributed by atoms with E-state index in [0.29, 0.717) is 11.9 Å². The number of thioether (sulfide) groups is 1. The standard InChI is InChI=1S/C32H55N2O4S.ClH/c1-4-6-7-8-9-10-11-12-13-14-15-16-17-20-23-37-26-30-24-31(39-30)27-38-32(36)34(28(3)35)25-29-21-18-19-22-33(29)5-2;/h18-19,21-22,30-31H,4-17,20,23-27H2,1-3H3;1H/q+1;/p-1/t30-,31-;/m1./s1. The average Bonchev–Trinajstić information content (AvgIpc) is 2.91. The van der Waals surface area contributed by atoms with Gasteiger partial charge in [0.05, 0.1) is 6.61 Å². The van der Waals surface area contributed by atoms with Crippen molar-refractivity contribution in [2.24, 2.45) is 0 Å². The van der Waals surface area contributed by atoms with Crippen LogP contribution in [-0.2, 0) is 27.4 Å². The molecule has 0 saturated carbocycles. The Labute approximate surface area is 254 Å². The zero-order valence-corrected chi connectivity index (χ0v) is 27.0.